The predicted octanol–water partition coefficient (Wildman–Crippen LogP) is 4.14. The van der Waals surface area contributed by atoms with Crippen LogP contribution < -0.4 is 0 Å². The third kappa shape index (κ3) is 4.82. The zero-order valence-electron chi connectivity index (χ0n) is 16.1. The number of amides is 1. The highest BCUT2D eigenvalue weighted by molar-refractivity contribution is 9.10. The number of hydrogen-bond acceptors (Lipinski definition) is 3. The third-order valence-electron chi connectivity index (χ3n) is 5.16. The Balaban J connectivity index is 1.69. The van der Waals surface area contributed by atoms with Gasteiger partial charge in [0.2, 0.25) is 10.0 Å². The van der Waals surface area contributed by atoms with Crippen LogP contribution in [-0.4, -0.2) is 43.7 Å². The maximum absolute atomic E-state index is 12.8. The average Bonchev–Trinajstić information content (AvgIpc) is 2.69. The molecule has 3 rings (SSSR count). The van der Waals surface area contributed by atoms with E-state index in [-0.39, 0.29) is 10.8 Å². The Kier molecular flexibility index (Phi) is 6.58. The molecule has 1 heterocycles. The van der Waals surface area contributed by atoms with Crippen LogP contribution in [0.3, 0.4) is 0 Å². The summed E-state index contributed by atoms with van der Waals surface area (Å²) in [5, 5.41) is 0. The lowest BCUT2D eigenvalue weighted by molar-refractivity contribution is 0.0785. The molecule has 150 valence electrons. The molecule has 2 aromatic carbocycles. The van der Waals surface area contributed by atoms with Crippen LogP contribution in [0, 0.1) is 5.92 Å². The molecule has 1 aliphatic heterocycles. The van der Waals surface area contributed by atoms with E-state index in [1.807, 2.05) is 24.3 Å². The van der Waals surface area contributed by atoms with E-state index in [2.05, 4.69) is 22.9 Å². The van der Waals surface area contributed by atoms with Crippen molar-refractivity contribution in [2.45, 2.75) is 31.2 Å². The minimum atomic E-state index is -3.50. The molecule has 0 bridgehead atoms. The molecule has 0 spiro atoms. The fourth-order valence-electron chi connectivity index (χ4n) is 3.30. The van der Waals surface area contributed by atoms with Crippen molar-refractivity contribution in [1.29, 1.82) is 0 Å². The highest BCUT2D eigenvalue weighted by Gasteiger charge is 2.28. The van der Waals surface area contributed by atoms with Crippen LogP contribution in [0.4, 0.5) is 0 Å². The lowest BCUT2D eigenvalue weighted by Gasteiger charge is -2.29. The highest BCUT2D eigenvalue weighted by Crippen LogP contribution is 2.24. The second-order valence-electron chi connectivity index (χ2n) is 7.40. The first-order chi connectivity index (χ1) is 13.3. The van der Waals surface area contributed by atoms with Crippen molar-refractivity contribution < 1.29 is 13.2 Å². The van der Waals surface area contributed by atoms with E-state index in [4.69, 9.17) is 0 Å². The molecule has 0 atom stereocenters. The van der Waals surface area contributed by atoms with Crippen LogP contribution in [0.1, 0.15) is 35.7 Å². The van der Waals surface area contributed by atoms with Crippen LogP contribution in [0.25, 0.3) is 0 Å². The smallest absolute Gasteiger partial charge is 0.253 e. The summed E-state index contributed by atoms with van der Waals surface area (Å²) in [4.78, 5) is 14.5. The molecule has 0 unspecified atom stereocenters. The topological polar surface area (TPSA) is 57.7 Å². The van der Waals surface area contributed by atoms with Gasteiger partial charge >= 0.3 is 0 Å². The molecule has 0 saturated carbocycles. The van der Waals surface area contributed by atoms with Gasteiger partial charge in [-0.25, -0.2) is 8.42 Å². The first-order valence-electron chi connectivity index (χ1n) is 9.37. The molecule has 28 heavy (non-hydrogen) atoms. The van der Waals surface area contributed by atoms with Gasteiger partial charge in [-0.3, -0.25) is 4.79 Å². The first kappa shape index (κ1) is 21.0. The minimum Gasteiger partial charge on any atom is -0.337 e. The molecule has 0 radical (unpaired) electrons. The summed E-state index contributed by atoms with van der Waals surface area (Å²) in [5.74, 6) is 0.423. The van der Waals surface area contributed by atoms with Gasteiger partial charge in [0.25, 0.3) is 5.91 Å². The van der Waals surface area contributed by atoms with Gasteiger partial charge in [0.1, 0.15) is 0 Å². The first-order valence-corrected chi connectivity index (χ1v) is 11.6. The fraction of sp³-hybridized carbons (Fsp3) is 0.381. The number of piperidine rings is 1. The van der Waals surface area contributed by atoms with Crippen LogP contribution in [0.15, 0.2) is 57.9 Å². The van der Waals surface area contributed by atoms with Gasteiger partial charge < -0.3 is 4.90 Å². The van der Waals surface area contributed by atoms with E-state index >= 15 is 0 Å². The average molecular weight is 465 g/mol. The van der Waals surface area contributed by atoms with Gasteiger partial charge in [-0.2, -0.15) is 4.31 Å². The highest BCUT2D eigenvalue weighted by atomic mass is 79.9. The molecule has 2 aromatic rings. The van der Waals surface area contributed by atoms with Crippen LogP contribution in [-0.2, 0) is 16.6 Å². The third-order valence-corrected chi connectivity index (χ3v) is 7.60. The van der Waals surface area contributed by atoms with Crippen LogP contribution in [0.5, 0.6) is 0 Å². The van der Waals surface area contributed by atoms with Crippen molar-refractivity contribution in [2.24, 2.45) is 5.92 Å². The van der Waals surface area contributed by atoms with E-state index in [0.29, 0.717) is 31.1 Å². The minimum absolute atomic E-state index is 0.140. The molecule has 0 aliphatic carbocycles. The Hall–Kier alpha value is -1.70. The number of sulfonamides is 1. The normalized spacial score (nSPS) is 16.1. The lowest BCUT2D eigenvalue weighted by Crippen LogP contribution is -2.37. The summed E-state index contributed by atoms with van der Waals surface area (Å²) in [6.45, 7) is 3.74. The molecule has 7 heteroatoms. The Morgan fingerprint density at radius 2 is 1.64 bits per heavy atom. The summed E-state index contributed by atoms with van der Waals surface area (Å²) in [7, 11) is -1.76. The fourth-order valence-corrected chi connectivity index (χ4v) is 5.03. The maximum Gasteiger partial charge on any atom is 0.253 e. The molecule has 5 nitrogen and oxygen atoms in total. The van der Waals surface area contributed by atoms with Crippen molar-refractivity contribution in [1.82, 2.24) is 9.21 Å². The molecular weight excluding hydrogens is 440 g/mol. The molecule has 1 fully saturated rings. The second kappa shape index (κ2) is 8.76. The van der Waals surface area contributed by atoms with Crippen LogP contribution >= 0.6 is 15.9 Å². The molecule has 0 N–H and O–H groups in total. The molecule has 0 aromatic heterocycles. The Morgan fingerprint density at radius 1 is 1.07 bits per heavy atom. The van der Waals surface area contributed by atoms with Gasteiger partial charge in [0.15, 0.2) is 0 Å². The molecule has 1 aliphatic rings. The number of benzene rings is 2. The number of carbonyl (C=O) groups is 1. The predicted molar refractivity (Wildman–Crippen MR) is 114 cm³/mol. The summed E-state index contributed by atoms with van der Waals surface area (Å²) in [6, 6.07) is 14.1. The summed E-state index contributed by atoms with van der Waals surface area (Å²) in [5.41, 5.74) is 1.50. The SMILES string of the molecule is CC1CCN(S(=O)(=O)c2ccc(C(=O)N(C)Cc3ccc(Br)cc3)cc2)CC1. The molecular formula is C21H25BrN2O3S. The summed E-state index contributed by atoms with van der Waals surface area (Å²) < 4.78 is 28.1. The molecule has 1 amide bonds. The van der Waals surface area contributed by atoms with E-state index < -0.39 is 10.0 Å². The number of carbonyl (C=O) groups excluding carboxylic acids is 1. The largest absolute Gasteiger partial charge is 0.337 e. The van der Waals surface area contributed by atoms with Gasteiger partial charge in [0.05, 0.1) is 4.90 Å². The van der Waals surface area contributed by atoms with Crippen LogP contribution in [0.2, 0.25) is 0 Å². The van der Waals surface area contributed by atoms with Crippen molar-refractivity contribution in [3.8, 4) is 0 Å². The zero-order valence-corrected chi connectivity index (χ0v) is 18.5. The number of hydrogen-bond donors (Lipinski definition) is 0. The zero-order chi connectivity index (χ0) is 20.3. The molecule has 1 saturated heterocycles. The van der Waals surface area contributed by atoms with E-state index in [9.17, 15) is 13.2 Å². The quantitative estimate of drug-likeness (QED) is 0.667. The Labute approximate surface area is 175 Å². The Bertz CT molecular complexity index is 919. The van der Waals surface area contributed by atoms with Crippen molar-refractivity contribution in [2.75, 3.05) is 20.1 Å². The van der Waals surface area contributed by atoms with E-state index in [1.54, 1.807) is 28.4 Å². The van der Waals surface area contributed by atoms with E-state index in [1.165, 1.54) is 12.1 Å². The standard InChI is InChI=1S/C21H25BrN2O3S/c1-16-11-13-24(14-12-16)28(26,27)20-9-5-18(6-10-20)21(25)23(2)15-17-3-7-19(22)8-4-17/h3-10,16H,11-15H2,1-2H3. The van der Waals surface area contributed by atoms with Crippen molar-refractivity contribution >= 4 is 31.9 Å². The van der Waals surface area contributed by atoms with E-state index in [0.717, 1.165) is 22.9 Å². The Morgan fingerprint density at radius 3 is 2.21 bits per heavy atom. The van der Waals surface area contributed by atoms with Crippen molar-refractivity contribution in [3.05, 3.63) is 64.1 Å². The van der Waals surface area contributed by atoms with Crippen molar-refractivity contribution in [3.63, 3.8) is 0 Å². The summed E-state index contributed by atoms with van der Waals surface area (Å²) in [6.07, 6.45) is 1.77. The monoisotopic (exact) mass is 464 g/mol. The van der Waals surface area contributed by atoms with Gasteiger partial charge in [-0.05, 0) is 60.7 Å². The van der Waals surface area contributed by atoms with Gasteiger partial charge in [0, 0.05) is 36.7 Å². The van der Waals surface area contributed by atoms with Gasteiger partial charge in [-0.15, -0.1) is 0 Å². The van der Waals surface area contributed by atoms with Gasteiger partial charge in [-0.1, -0.05) is 35.0 Å². The lowest BCUT2D eigenvalue weighted by atomic mass is 10.0. The number of halogens is 1. The maximum atomic E-state index is 12.8. The summed E-state index contributed by atoms with van der Waals surface area (Å²) >= 11 is 3.40. The number of rotatable bonds is 5. The second-order valence-corrected chi connectivity index (χ2v) is 10.3. The number of nitrogens with zero attached hydrogens (tertiary/aromatic N) is 2.